The molecule has 1 aromatic heterocycles. The van der Waals surface area contributed by atoms with Gasteiger partial charge in [0, 0.05) is 5.02 Å². The van der Waals surface area contributed by atoms with E-state index in [1.54, 1.807) is 0 Å². The molecule has 1 amide bonds. The number of aliphatic carboxylic acids is 1. The van der Waals surface area contributed by atoms with Crippen molar-refractivity contribution in [1.82, 2.24) is 4.98 Å². The van der Waals surface area contributed by atoms with Crippen LogP contribution in [0.3, 0.4) is 0 Å². The number of nitrogens with two attached hydrogens (primary N) is 1. The summed E-state index contributed by atoms with van der Waals surface area (Å²) in [5.74, 6) is -1.42. The first-order chi connectivity index (χ1) is 16.4. The Bertz CT molecular complexity index is 1150. The average molecular weight is 481 g/mol. The highest BCUT2D eigenvalue weighted by molar-refractivity contribution is 6.30. The van der Waals surface area contributed by atoms with Gasteiger partial charge in [0.25, 0.3) is 5.91 Å². The number of halogens is 1. The van der Waals surface area contributed by atoms with Gasteiger partial charge in [-0.25, -0.2) is 4.98 Å². The largest absolute Gasteiger partial charge is 0.480 e. The van der Waals surface area contributed by atoms with Gasteiger partial charge in [0.15, 0.2) is 5.69 Å². The minimum absolute atomic E-state index is 0.0493. The van der Waals surface area contributed by atoms with Gasteiger partial charge in [0.2, 0.25) is 5.89 Å². The second kappa shape index (κ2) is 10.4. The lowest BCUT2D eigenvalue weighted by Gasteiger charge is -2.30. The third-order valence-corrected chi connectivity index (χ3v) is 7.15. The van der Waals surface area contributed by atoms with Gasteiger partial charge in [-0.2, -0.15) is 0 Å². The molecule has 1 atom stereocenters. The van der Waals surface area contributed by atoms with Crippen LogP contribution in [0.4, 0.5) is 0 Å². The number of amides is 1. The van der Waals surface area contributed by atoms with E-state index in [0.717, 1.165) is 61.5 Å². The van der Waals surface area contributed by atoms with Crippen LogP contribution in [0.2, 0.25) is 5.02 Å². The maximum absolute atomic E-state index is 12.9. The van der Waals surface area contributed by atoms with E-state index in [0.29, 0.717) is 11.4 Å². The van der Waals surface area contributed by atoms with E-state index in [2.05, 4.69) is 4.98 Å². The van der Waals surface area contributed by atoms with Gasteiger partial charge in [-0.3, -0.25) is 9.59 Å². The van der Waals surface area contributed by atoms with E-state index in [1.165, 1.54) is 0 Å². The van der Waals surface area contributed by atoms with Crippen molar-refractivity contribution in [3.63, 3.8) is 0 Å². The van der Waals surface area contributed by atoms with Crippen molar-refractivity contribution in [2.24, 2.45) is 11.7 Å². The van der Waals surface area contributed by atoms with Gasteiger partial charge in [0.1, 0.15) is 11.7 Å². The van der Waals surface area contributed by atoms with Crippen molar-refractivity contribution >= 4 is 23.5 Å². The third kappa shape index (κ3) is 5.33. The van der Waals surface area contributed by atoms with Gasteiger partial charge >= 0.3 is 5.97 Å². The molecule has 1 fully saturated rings. The van der Waals surface area contributed by atoms with E-state index in [1.807, 2.05) is 48.5 Å². The summed E-state index contributed by atoms with van der Waals surface area (Å²) in [5.41, 5.74) is 7.13. The predicted octanol–water partition coefficient (Wildman–Crippen LogP) is 5.36. The number of carbonyl (C=O) groups excluding carboxylic acids is 1. The van der Waals surface area contributed by atoms with Gasteiger partial charge in [0.05, 0.1) is 0 Å². The van der Waals surface area contributed by atoms with Crippen molar-refractivity contribution in [3.05, 3.63) is 88.1 Å². The molecule has 7 heteroatoms. The molecular formula is C27H29ClN2O4. The summed E-state index contributed by atoms with van der Waals surface area (Å²) in [6, 6.07) is 15.7. The average Bonchev–Trinajstić information content (AvgIpc) is 3.51. The first-order valence-electron chi connectivity index (χ1n) is 11.7. The first-order valence-corrected chi connectivity index (χ1v) is 12.1. The summed E-state index contributed by atoms with van der Waals surface area (Å²) >= 11 is 6.01. The summed E-state index contributed by atoms with van der Waals surface area (Å²) in [7, 11) is 0. The zero-order valence-corrected chi connectivity index (χ0v) is 19.8. The molecule has 1 unspecified atom stereocenters. The smallest absolute Gasteiger partial charge is 0.319 e. The topological polar surface area (TPSA) is 106 Å². The fourth-order valence-corrected chi connectivity index (χ4v) is 5.16. The fourth-order valence-electron chi connectivity index (χ4n) is 5.03. The number of carboxylic acid groups (broad SMARTS) is 1. The van der Waals surface area contributed by atoms with Crippen LogP contribution in [0.15, 0.2) is 59.2 Å². The molecule has 0 aliphatic heterocycles. The Hall–Kier alpha value is -3.12. The summed E-state index contributed by atoms with van der Waals surface area (Å²) in [6.07, 6.45) is 7.52. The first kappa shape index (κ1) is 24.0. The van der Waals surface area contributed by atoms with Crippen LogP contribution in [0, 0.1) is 5.92 Å². The standard InChI is InChI=1S/C27H29ClN2O4/c28-22-13-10-18(11-14-22)9-12-20-7-3-4-8-21(20)16-27(26(32)33,15-19-5-1-2-6-19)25-30-23(17-34-25)24(29)31/h3-4,7-8,10-11,13-14,17,19H,1-2,5-6,9,12,15-16H2,(H2,29,31)(H,32,33). The van der Waals surface area contributed by atoms with Gasteiger partial charge in [-0.15, -0.1) is 0 Å². The van der Waals surface area contributed by atoms with E-state index in [-0.39, 0.29) is 23.9 Å². The Kier molecular flexibility index (Phi) is 7.37. The second-order valence-corrected chi connectivity index (χ2v) is 9.65. The Morgan fingerprint density at radius 3 is 2.35 bits per heavy atom. The quantitative estimate of drug-likeness (QED) is 0.406. The molecule has 3 aromatic rings. The molecule has 2 aromatic carbocycles. The van der Waals surface area contributed by atoms with Gasteiger partial charge in [-0.1, -0.05) is 73.7 Å². The molecule has 0 bridgehead atoms. The number of carbonyl (C=O) groups is 2. The zero-order chi connectivity index (χ0) is 24.1. The fraction of sp³-hybridized carbons (Fsp3) is 0.370. The molecule has 6 nitrogen and oxygen atoms in total. The molecular weight excluding hydrogens is 452 g/mol. The SMILES string of the molecule is NC(=O)c1coc(C(Cc2ccccc2CCc2ccc(Cl)cc2)(CC2CCCC2)C(=O)O)n1. The minimum atomic E-state index is -1.38. The molecule has 178 valence electrons. The minimum Gasteiger partial charge on any atom is -0.480 e. The molecule has 1 aliphatic carbocycles. The molecule has 3 N–H and O–H groups in total. The van der Waals surface area contributed by atoms with Crippen molar-refractivity contribution < 1.29 is 19.1 Å². The van der Waals surface area contributed by atoms with E-state index >= 15 is 0 Å². The van der Waals surface area contributed by atoms with Crippen LogP contribution in [0.25, 0.3) is 0 Å². The molecule has 0 spiro atoms. The number of aryl methyl sites for hydroxylation is 2. The number of carboxylic acids is 1. The van der Waals surface area contributed by atoms with Crippen molar-refractivity contribution in [2.75, 3.05) is 0 Å². The van der Waals surface area contributed by atoms with Crippen LogP contribution in [-0.4, -0.2) is 22.0 Å². The molecule has 1 saturated carbocycles. The van der Waals surface area contributed by atoms with E-state index in [9.17, 15) is 14.7 Å². The highest BCUT2D eigenvalue weighted by Crippen LogP contribution is 2.41. The normalized spacial score (nSPS) is 15.8. The molecule has 1 heterocycles. The maximum Gasteiger partial charge on any atom is 0.319 e. The number of nitrogens with zero attached hydrogens (tertiary/aromatic N) is 1. The van der Waals surface area contributed by atoms with Crippen LogP contribution < -0.4 is 5.73 Å². The number of hydrogen-bond donors (Lipinski definition) is 2. The highest BCUT2D eigenvalue weighted by atomic mass is 35.5. The number of primary amides is 1. The van der Waals surface area contributed by atoms with E-state index < -0.39 is 17.3 Å². The van der Waals surface area contributed by atoms with Crippen LogP contribution in [0.1, 0.15) is 65.2 Å². The maximum atomic E-state index is 12.9. The van der Waals surface area contributed by atoms with Gasteiger partial charge < -0.3 is 15.3 Å². The molecule has 34 heavy (non-hydrogen) atoms. The van der Waals surface area contributed by atoms with Crippen LogP contribution >= 0.6 is 11.6 Å². The molecule has 4 rings (SSSR count). The lowest BCUT2D eigenvalue weighted by molar-refractivity contribution is -0.145. The molecule has 0 saturated heterocycles. The lowest BCUT2D eigenvalue weighted by Crippen LogP contribution is -2.40. The van der Waals surface area contributed by atoms with Crippen LogP contribution in [0.5, 0.6) is 0 Å². The zero-order valence-electron chi connectivity index (χ0n) is 19.0. The second-order valence-electron chi connectivity index (χ2n) is 9.22. The summed E-state index contributed by atoms with van der Waals surface area (Å²) in [5, 5.41) is 11.2. The van der Waals surface area contributed by atoms with Crippen molar-refractivity contribution in [1.29, 1.82) is 0 Å². The Balaban J connectivity index is 1.67. The van der Waals surface area contributed by atoms with Crippen LogP contribution in [-0.2, 0) is 29.5 Å². The summed E-state index contributed by atoms with van der Waals surface area (Å²) < 4.78 is 5.61. The Morgan fingerprint density at radius 1 is 1.06 bits per heavy atom. The number of benzene rings is 2. The number of rotatable bonds is 10. The third-order valence-electron chi connectivity index (χ3n) is 6.89. The van der Waals surface area contributed by atoms with Crippen molar-refractivity contribution in [3.8, 4) is 0 Å². The summed E-state index contributed by atoms with van der Waals surface area (Å²) in [4.78, 5) is 28.8. The number of oxazole rings is 1. The van der Waals surface area contributed by atoms with E-state index in [4.69, 9.17) is 21.8 Å². The highest BCUT2D eigenvalue weighted by Gasteiger charge is 2.47. The Labute approximate surface area is 204 Å². The molecule has 1 aliphatic rings. The Morgan fingerprint density at radius 2 is 1.74 bits per heavy atom. The lowest BCUT2D eigenvalue weighted by atomic mass is 9.73. The van der Waals surface area contributed by atoms with Gasteiger partial charge in [-0.05, 0) is 60.4 Å². The number of aromatic nitrogens is 1. The monoisotopic (exact) mass is 480 g/mol. The number of hydrogen-bond acceptors (Lipinski definition) is 4. The van der Waals surface area contributed by atoms with Crippen molar-refractivity contribution in [2.45, 2.75) is 56.8 Å². The summed E-state index contributed by atoms with van der Waals surface area (Å²) in [6.45, 7) is 0. The predicted molar refractivity (Wildman–Crippen MR) is 130 cm³/mol. The molecule has 0 radical (unpaired) electrons.